The lowest BCUT2D eigenvalue weighted by Gasteiger charge is -2.10. The molecule has 1 N–H and O–H groups in total. The molecular weight excluding hydrogens is 358 g/mol. The molecule has 0 aliphatic carbocycles. The van der Waals surface area contributed by atoms with Crippen LogP contribution < -0.4 is 10.1 Å². The molecule has 0 atom stereocenters. The smallest absolute Gasteiger partial charge is 0.230 e. The van der Waals surface area contributed by atoms with Gasteiger partial charge in [-0.05, 0) is 49.2 Å². The highest BCUT2D eigenvalue weighted by molar-refractivity contribution is 7.99. The van der Waals surface area contributed by atoms with Gasteiger partial charge in [0.25, 0.3) is 0 Å². The summed E-state index contributed by atoms with van der Waals surface area (Å²) in [6.45, 7) is 5.06. The first kappa shape index (κ1) is 19.0. The number of aryl methyl sites for hydroxylation is 2. The Kier molecular flexibility index (Phi) is 6.54. The van der Waals surface area contributed by atoms with Crippen molar-refractivity contribution in [2.45, 2.75) is 19.0 Å². The molecule has 3 aromatic rings. The molecule has 2 aromatic carbocycles. The van der Waals surface area contributed by atoms with Crippen LogP contribution in [0, 0.1) is 13.8 Å². The van der Waals surface area contributed by atoms with Crippen molar-refractivity contribution in [2.75, 3.05) is 18.9 Å². The van der Waals surface area contributed by atoms with E-state index in [9.17, 15) is 4.79 Å². The van der Waals surface area contributed by atoms with Gasteiger partial charge in [0.05, 0.1) is 12.3 Å². The molecule has 0 saturated heterocycles. The van der Waals surface area contributed by atoms with Crippen molar-refractivity contribution in [1.29, 1.82) is 0 Å². The third-order valence-electron chi connectivity index (χ3n) is 3.86. The molecule has 0 saturated carbocycles. The van der Waals surface area contributed by atoms with Crippen molar-refractivity contribution in [3.05, 3.63) is 72.1 Å². The minimum Gasteiger partial charge on any atom is -0.492 e. The first-order valence-corrected chi connectivity index (χ1v) is 9.80. The first-order chi connectivity index (χ1) is 13.1. The summed E-state index contributed by atoms with van der Waals surface area (Å²) >= 11 is 1.42. The maximum atomic E-state index is 12.1. The number of carbonyl (C=O) groups excluding carboxylic acids is 1. The molecule has 3 rings (SSSR count). The van der Waals surface area contributed by atoms with E-state index < -0.39 is 0 Å². The molecule has 5 nitrogen and oxygen atoms in total. The van der Waals surface area contributed by atoms with E-state index in [0.29, 0.717) is 18.9 Å². The summed E-state index contributed by atoms with van der Waals surface area (Å²) in [6.07, 6.45) is 3.67. The predicted molar refractivity (Wildman–Crippen MR) is 109 cm³/mol. The lowest BCUT2D eigenvalue weighted by atomic mass is 10.1. The van der Waals surface area contributed by atoms with Crippen LogP contribution in [0.2, 0.25) is 0 Å². The number of ether oxygens (including phenoxy) is 1. The Labute approximate surface area is 163 Å². The molecule has 0 bridgehead atoms. The van der Waals surface area contributed by atoms with Gasteiger partial charge in [0.2, 0.25) is 5.91 Å². The fourth-order valence-corrected chi connectivity index (χ4v) is 3.54. The number of carbonyl (C=O) groups is 1. The zero-order valence-electron chi connectivity index (χ0n) is 15.5. The number of para-hydroxylation sites is 1. The Morgan fingerprint density at radius 1 is 1.15 bits per heavy atom. The van der Waals surface area contributed by atoms with E-state index in [1.165, 1.54) is 22.9 Å². The molecule has 27 heavy (non-hydrogen) atoms. The van der Waals surface area contributed by atoms with E-state index in [1.807, 2.05) is 41.1 Å². The van der Waals surface area contributed by atoms with Crippen LogP contribution in [0.25, 0.3) is 5.69 Å². The topological polar surface area (TPSA) is 56.2 Å². The van der Waals surface area contributed by atoms with Crippen molar-refractivity contribution < 1.29 is 9.53 Å². The Balaban J connectivity index is 1.47. The lowest BCUT2D eigenvalue weighted by Crippen LogP contribution is -2.29. The van der Waals surface area contributed by atoms with Gasteiger partial charge >= 0.3 is 0 Å². The van der Waals surface area contributed by atoms with Crippen LogP contribution in [0.5, 0.6) is 5.75 Å². The maximum Gasteiger partial charge on any atom is 0.230 e. The number of nitrogens with zero attached hydrogens (tertiary/aromatic N) is 2. The number of thioether (sulfide) groups is 1. The van der Waals surface area contributed by atoms with Gasteiger partial charge < -0.3 is 10.1 Å². The monoisotopic (exact) mass is 381 g/mol. The SMILES string of the molecule is Cc1cc(C)cc(-n2ccnc2SCC(=O)NCCOc2ccccc2)c1. The molecule has 0 fully saturated rings. The highest BCUT2D eigenvalue weighted by atomic mass is 32.2. The Bertz CT molecular complexity index is 873. The van der Waals surface area contributed by atoms with E-state index in [2.05, 4.69) is 42.3 Å². The van der Waals surface area contributed by atoms with E-state index in [1.54, 1.807) is 6.20 Å². The number of hydrogen-bond donors (Lipinski definition) is 1. The van der Waals surface area contributed by atoms with Crippen molar-refractivity contribution in [2.24, 2.45) is 0 Å². The molecule has 1 aromatic heterocycles. The lowest BCUT2D eigenvalue weighted by molar-refractivity contribution is -0.118. The Hall–Kier alpha value is -2.73. The van der Waals surface area contributed by atoms with Gasteiger partial charge in [0, 0.05) is 18.1 Å². The van der Waals surface area contributed by atoms with Crippen LogP contribution in [0.4, 0.5) is 0 Å². The number of imidazole rings is 1. The zero-order chi connectivity index (χ0) is 19.1. The number of nitrogens with one attached hydrogen (secondary N) is 1. The van der Waals surface area contributed by atoms with Gasteiger partial charge in [0.15, 0.2) is 5.16 Å². The molecular formula is C21H23N3O2S. The summed E-state index contributed by atoms with van der Waals surface area (Å²) in [5.74, 6) is 1.08. The minimum absolute atomic E-state index is 0.0355. The van der Waals surface area contributed by atoms with Gasteiger partial charge in [0.1, 0.15) is 12.4 Å². The molecule has 140 valence electrons. The standard InChI is InChI=1S/C21H23N3O2S/c1-16-12-17(2)14-18(13-16)24-10-8-23-21(24)27-15-20(25)22-9-11-26-19-6-4-3-5-7-19/h3-8,10,12-14H,9,11,15H2,1-2H3,(H,22,25). The third kappa shape index (κ3) is 5.62. The van der Waals surface area contributed by atoms with Crippen LogP contribution in [0.3, 0.4) is 0 Å². The fraction of sp³-hybridized carbons (Fsp3) is 0.238. The summed E-state index contributed by atoms with van der Waals surface area (Å²) < 4.78 is 7.58. The summed E-state index contributed by atoms with van der Waals surface area (Å²) in [4.78, 5) is 16.5. The van der Waals surface area contributed by atoms with Gasteiger partial charge in [-0.3, -0.25) is 9.36 Å². The van der Waals surface area contributed by atoms with Crippen molar-refractivity contribution in [3.63, 3.8) is 0 Å². The maximum absolute atomic E-state index is 12.1. The molecule has 0 aliphatic rings. The van der Waals surface area contributed by atoms with Crippen molar-refractivity contribution in [3.8, 4) is 11.4 Å². The number of rotatable bonds is 8. The van der Waals surface area contributed by atoms with Crippen LogP contribution in [-0.4, -0.2) is 34.4 Å². The second-order valence-electron chi connectivity index (χ2n) is 6.23. The van der Waals surface area contributed by atoms with Gasteiger partial charge in [-0.1, -0.05) is 36.0 Å². The molecule has 6 heteroatoms. The summed E-state index contributed by atoms with van der Waals surface area (Å²) in [7, 11) is 0. The number of hydrogen-bond acceptors (Lipinski definition) is 4. The van der Waals surface area contributed by atoms with Crippen molar-refractivity contribution in [1.82, 2.24) is 14.9 Å². The molecule has 0 aliphatic heterocycles. The highest BCUT2D eigenvalue weighted by Crippen LogP contribution is 2.22. The van der Waals surface area contributed by atoms with Crippen LogP contribution in [0.15, 0.2) is 66.1 Å². The molecule has 1 heterocycles. The second-order valence-corrected chi connectivity index (χ2v) is 7.17. The van der Waals surface area contributed by atoms with E-state index in [0.717, 1.165) is 16.6 Å². The third-order valence-corrected chi connectivity index (χ3v) is 4.83. The van der Waals surface area contributed by atoms with Gasteiger partial charge in [-0.2, -0.15) is 0 Å². The van der Waals surface area contributed by atoms with E-state index >= 15 is 0 Å². The molecule has 0 unspecified atom stereocenters. The quantitative estimate of drug-likeness (QED) is 0.477. The normalized spacial score (nSPS) is 10.6. The molecule has 0 radical (unpaired) electrons. The Morgan fingerprint density at radius 3 is 2.63 bits per heavy atom. The summed E-state index contributed by atoms with van der Waals surface area (Å²) in [5.41, 5.74) is 3.46. The number of benzene rings is 2. The average Bonchev–Trinajstić information content (AvgIpc) is 3.12. The van der Waals surface area contributed by atoms with Crippen LogP contribution >= 0.6 is 11.8 Å². The average molecular weight is 382 g/mol. The fourth-order valence-electron chi connectivity index (χ4n) is 2.74. The Morgan fingerprint density at radius 2 is 1.89 bits per heavy atom. The second kappa shape index (κ2) is 9.28. The largest absolute Gasteiger partial charge is 0.492 e. The predicted octanol–water partition coefficient (Wildman–Crippen LogP) is 3.78. The van der Waals surface area contributed by atoms with Crippen LogP contribution in [0.1, 0.15) is 11.1 Å². The summed E-state index contributed by atoms with van der Waals surface area (Å²) in [6, 6.07) is 15.9. The molecule has 1 amide bonds. The number of aromatic nitrogens is 2. The van der Waals surface area contributed by atoms with E-state index in [-0.39, 0.29) is 5.91 Å². The first-order valence-electron chi connectivity index (χ1n) is 8.81. The van der Waals surface area contributed by atoms with E-state index in [4.69, 9.17) is 4.74 Å². The summed E-state index contributed by atoms with van der Waals surface area (Å²) in [5, 5.41) is 3.67. The van der Waals surface area contributed by atoms with Crippen LogP contribution in [-0.2, 0) is 4.79 Å². The zero-order valence-corrected chi connectivity index (χ0v) is 16.3. The molecule has 0 spiro atoms. The van der Waals surface area contributed by atoms with Gasteiger partial charge in [-0.15, -0.1) is 0 Å². The van der Waals surface area contributed by atoms with Gasteiger partial charge in [-0.25, -0.2) is 4.98 Å². The number of amides is 1. The highest BCUT2D eigenvalue weighted by Gasteiger charge is 2.09. The minimum atomic E-state index is -0.0355. The van der Waals surface area contributed by atoms with Crippen molar-refractivity contribution >= 4 is 17.7 Å².